The Hall–Kier alpha value is -0.860. The molecule has 27 heavy (non-hydrogen) atoms. The van der Waals surface area contributed by atoms with E-state index in [1.807, 2.05) is 6.07 Å². The van der Waals surface area contributed by atoms with Crippen molar-refractivity contribution in [3.63, 3.8) is 0 Å². The van der Waals surface area contributed by atoms with Crippen molar-refractivity contribution < 1.29 is 5.11 Å². The van der Waals surface area contributed by atoms with Crippen LogP contribution in [0.25, 0.3) is 0 Å². The Labute approximate surface area is 181 Å². The molecule has 1 atom stereocenters. The van der Waals surface area contributed by atoms with Gasteiger partial charge in [0.2, 0.25) is 0 Å². The topological polar surface area (TPSA) is 73.9 Å². The Morgan fingerprint density at radius 2 is 1.89 bits per heavy atom. The Bertz CT molecular complexity index is 553. The lowest BCUT2D eigenvalue weighted by Gasteiger charge is -2.17. The number of halogens is 1. The number of nitrogens with one attached hydrogen (secondary N) is 1. The van der Waals surface area contributed by atoms with Gasteiger partial charge < -0.3 is 16.2 Å². The molecule has 1 aliphatic heterocycles. The van der Waals surface area contributed by atoms with Crippen molar-refractivity contribution in [1.82, 2.24) is 10.2 Å². The Morgan fingerprint density at radius 1 is 1.19 bits per heavy atom. The van der Waals surface area contributed by atoms with Gasteiger partial charge in [-0.1, -0.05) is 63.3 Å². The molecule has 2 rings (SSSR count). The van der Waals surface area contributed by atoms with Crippen molar-refractivity contribution in [2.24, 2.45) is 10.7 Å². The monoisotopic (exact) mass is 488 g/mol. The molecule has 1 aromatic carbocycles. The standard InChI is InChI=1S/C21H36N4O.HI/c1-2-3-4-5-6-9-13-23-21(22)24-15-18-10-7-8-11-19(18)16-25-14-12-20(26)17-25;/h7-8,10-11,20,26H,2-6,9,12-17H2,1H3,(H3,22,23,24);1H. The number of hydrogen-bond acceptors (Lipinski definition) is 3. The first kappa shape index (κ1) is 24.2. The van der Waals surface area contributed by atoms with Gasteiger partial charge in [0.05, 0.1) is 12.6 Å². The van der Waals surface area contributed by atoms with Crippen LogP contribution in [0.3, 0.4) is 0 Å². The quantitative estimate of drug-likeness (QED) is 0.193. The Morgan fingerprint density at radius 3 is 2.59 bits per heavy atom. The SMILES string of the molecule is CCCCCCCCNC(N)=NCc1ccccc1CN1CCC(O)C1.I. The third-order valence-electron chi connectivity index (χ3n) is 5.02. The van der Waals surface area contributed by atoms with Gasteiger partial charge >= 0.3 is 0 Å². The second-order valence-electron chi connectivity index (χ2n) is 7.34. The summed E-state index contributed by atoms with van der Waals surface area (Å²) in [5, 5.41) is 12.9. The van der Waals surface area contributed by atoms with Crippen LogP contribution in [0.15, 0.2) is 29.3 Å². The van der Waals surface area contributed by atoms with Crippen LogP contribution in [0.1, 0.15) is 63.0 Å². The number of rotatable bonds is 11. The van der Waals surface area contributed by atoms with E-state index in [0.717, 1.165) is 39.0 Å². The van der Waals surface area contributed by atoms with Crippen LogP contribution in [-0.2, 0) is 13.1 Å². The van der Waals surface area contributed by atoms with E-state index in [0.29, 0.717) is 12.5 Å². The molecular weight excluding hydrogens is 451 g/mol. The molecule has 4 N–H and O–H groups in total. The lowest BCUT2D eigenvalue weighted by atomic mass is 10.1. The van der Waals surface area contributed by atoms with Crippen LogP contribution >= 0.6 is 24.0 Å². The van der Waals surface area contributed by atoms with Crippen molar-refractivity contribution >= 4 is 29.9 Å². The highest BCUT2D eigenvalue weighted by atomic mass is 127. The predicted octanol–water partition coefficient (Wildman–Crippen LogP) is 3.64. The molecule has 0 saturated carbocycles. The molecule has 0 aromatic heterocycles. The molecule has 1 aliphatic rings. The zero-order chi connectivity index (χ0) is 18.6. The van der Waals surface area contributed by atoms with Crippen LogP contribution in [0.4, 0.5) is 0 Å². The van der Waals surface area contributed by atoms with E-state index in [-0.39, 0.29) is 30.1 Å². The average molecular weight is 488 g/mol. The number of nitrogens with two attached hydrogens (primary N) is 1. The number of aliphatic imine (C=N–C) groups is 1. The maximum absolute atomic E-state index is 9.70. The third kappa shape index (κ3) is 9.76. The van der Waals surface area contributed by atoms with E-state index in [1.54, 1.807) is 0 Å². The fourth-order valence-electron chi connectivity index (χ4n) is 3.41. The molecule has 1 heterocycles. The Balaban J connectivity index is 0.00000364. The van der Waals surface area contributed by atoms with Gasteiger partial charge in [0.1, 0.15) is 0 Å². The number of nitrogens with zero attached hydrogens (tertiary/aromatic N) is 2. The second kappa shape index (κ2) is 14.2. The summed E-state index contributed by atoms with van der Waals surface area (Å²) >= 11 is 0. The summed E-state index contributed by atoms with van der Waals surface area (Å²) in [6.45, 7) is 6.33. The summed E-state index contributed by atoms with van der Waals surface area (Å²) in [4.78, 5) is 6.81. The normalized spacial score (nSPS) is 17.7. The molecule has 6 heteroatoms. The molecule has 1 unspecified atom stereocenters. The highest BCUT2D eigenvalue weighted by Gasteiger charge is 2.20. The molecule has 0 bridgehead atoms. The molecule has 1 aromatic rings. The van der Waals surface area contributed by atoms with Crippen molar-refractivity contribution in [1.29, 1.82) is 0 Å². The number of benzene rings is 1. The van der Waals surface area contributed by atoms with E-state index in [9.17, 15) is 5.11 Å². The van der Waals surface area contributed by atoms with E-state index in [4.69, 9.17) is 5.73 Å². The Kier molecular flexibility index (Phi) is 12.7. The number of aliphatic hydroxyl groups excluding tert-OH is 1. The zero-order valence-electron chi connectivity index (χ0n) is 16.7. The number of β-amino-alcohol motifs (C(OH)–C–C–N with tert-alkyl or cyclic N) is 1. The molecular formula is C21H37IN4O. The van der Waals surface area contributed by atoms with Crippen LogP contribution in [0, 0.1) is 0 Å². The van der Waals surface area contributed by atoms with Crippen LogP contribution < -0.4 is 11.1 Å². The van der Waals surface area contributed by atoms with Crippen molar-refractivity contribution in [3.8, 4) is 0 Å². The number of likely N-dealkylation sites (tertiary alicyclic amines) is 1. The molecule has 0 radical (unpaired) electrons. The minimum atomic E-state index is -0.179. The molecule has 0 amide bonds. The summed E-state index contributed by atoms with van der Waals surface area (Å²) in [7, 11) is 0. The van der Waals surface area contributed by atoms with Gasteiger partial charge in [0.15, 0.2) is 5.96 Å². The predicted molar refractivity (Wildman–Crippen MR) is 124 cm³/mol. The number of unbranched alkanes of at least 4 members (excludes halogenated alkanes) is 5. The third-order valence-corrected chi connectivity index (χ3v) is 5.02. The van der Waals surface area contributed by atoms with Gasteiger partial charge in [0, 0.05) is 26.2 Å². The first-order chi connectivity index (χ1) is 12.7. The smallest absolute Gasteiger partial charge is 0.188 e. The van der Waals surface area contributed by atoms with Gasteiger partial charge in [0.25, 0.3) is 0 Å². The van der Waals surface area contributed by atoms with Crippen LogP contribution in [0.5, 0.6) is 0 Å². The van der Waals surface area contributed by atoms with Crippen LogP contribution in [-0.4, -0.2) is 41.7 Å². The fourth-order valence-corrected chi connectivity index (χ4v) is 3.41. The fraction of sp³-hybridized carbons (Fsp3) is 0.667. The van der Waals surface area contributed by atoms with E-state index >= 15 is 0 Å². The molecule has 5 nitrogen and oxygen atoms in total. The highest BCUT2D eigenvalue weighted by Crippen LogP contribution is 2.17. The lowest BCUT2D eigenvalue weighted by Crippen LogP contribution is -2.32. The van der Waals surface area contributed by atoms with Crippen LogP contribution in [0.2, 0.25) is 0 Å². The second-order valence-corrected chi connectivity index (χ2v) is 7.34. The van der Waals surface area contributed by atoms with E-state index < -0.39 is 0 Å². The maximum Gasteiger partial charge on any atom is 0.188 e. The largest absolute Gasteiger partial charge is 0.392 e. The van der Waals surface area contributed by atoms with Crippen molar-refractivity contribution in [2.75, 3.05) is 19.6 Å². The zero-order valence-corrected chi connectivity index (χ0v) is 19.0. The minimum absolute atomic E-state index is 0. The summed E-state index contributed by atoms with van der Waals surface area (Å²) in [6.07, 6.45) is 8.37. The highest BCUT2D eigenvalue weighted by molar-refractivity contribution is 14.0. The van der Waals surface area contributed by atoms with Gasteiger partial charge in [-0.15, -0.1) is 24.0 Å². The van der Waals surface area contributed by atoms with Gasteiger partial charge in [-0.05, 0) is 24.0 Å². The van der Waals surface area contributed by atoms with Gasteiger partial charge in [-0.2, -0.15) is 0 Å². The summed E-state index contributed by atoms with van der Waals surface area (Å²) < 4.78 is 0. The van der Waals surface area contributed by atoms with E-state index in [1.165, 1.54) is 43.2 Å². The van der Waals surface area contributed by atoms with Crippen molar-refractivity contribution in [3.05, 3.63) is 35.4 Å². The number of hydrogen-bond donors (Lipinski definition) is 3. The first-order valence-electron chi connectivity index (χ1n) is 10.2. The minimum Gasteiger partial charge on any atom is -0.392 e. The molecule has 154 valence electrons. The molecule has 0 aliphatic carbocycles. The van der Waals surface area contributed by atoms with Gasteiger partial charge in [-0.25, -0.2) is 4.99 Å². The average Bonchev–Trinajstić information content (AvgIpc) is 3.05. The maximum atomic E-state index is 9.70. The summed E-state index contributed by atoms with van der Waals surface area (Å²) in [5.74, 6) is 0.532. The van der Waals surface area contributed by atoms with Crippen molar-refractivity contribution in [2.45, 2.75) is 71.1 Å². The number of aliphatic hydroxyl groups is 1. The van der Waals surface area contributed by atoms with Gasteiger partial charge in [-0.3, -0.25) is 4.90 Å². The summed E-state index contributed by atoms with van der Waals surface area (Å²) in [6, 6.07) is 8.38. The lowest BCUT2D eigenvalue weighted by molar-refractivity contribution is 0.174. The molecule has 0 spiro atoms. The van der Waals surface area contributed by atoms with E-state index in [2.05, 4.69) is 40.3 Å². The summed E-state index contributed by atoms with van der Waals surface area (Å²) in [5.41, 5.74) is 8.49. The molecule has 1 fully saturated rings. The number of guanidine groups is 1. The first-order valence-corrected chi connectivity index (χ1v) is 10.2. The molecule has 1 saturated heterocycles.